The van der Waals surface area contributed by atoms with Crippen LogP contribution >= 0.6 is 11.3 Å². The molecule has 1 aromatic carbocycles. The SMILES string of the molecule is Cc1ccc(CNc2sc(S(C)(=O)=O)cc2[N+](=O)[O-])cc1F. The Bertz CT molecular complexity index is 831. The number of nitrogens with zero attached hydrogens (tertiary/aromatic N) is 1. The molecule has 0 amide bonds. The molecule has 0 atom stereocenters. The monoisotopic (exact) mass is 344 g/mol. The first-order valence-corrected chi connectivity index (χ1v) is 8.86. The van der Waals surface area contributed by atoms with Crippen molar-refractivity contribution in [3.8, 4) is 0 Å². The van der Waals surface area contributed by atoms with Crippen LogP contribution in [-0.2, 0) is 16.4 Å². The predicted molar refractivity (Wildman–Crippen MR) is 82.5 cm³/mol. The van der Waals surface area contributed by atoms with E-state index in [1.54, 1.807) is 19.1 Å². The van der Waals surface area contributed by atoms with Crippen molar-refractivity contribution < 1.29 is 17.7 Å². The number of rotatable bonds is 5. The average molecular weight is 344 g/mol. The zero-order chi connectivity index (χ0) is 16.5. The van der Waals surface area contributed by atoms with Crippen LogP contribution in [0.5, 0.6) is 0 Å². The van der Waals surface area contributed by atoms with Crippen molar-refractivity contribution >= 4 is 31.9 Å². The van der Waals surface area contributed by atoms with Crippen molar-refractivity contribution in [1.82, 2.24) is 0 Å². The van der Waals surface area contributed by atoms with Gasteiger partial charge in [-0.25, -0.2) is 12.8 Å². The van der Waals surface area contributed by atoms with Crippen molar-refractivity contribution in [2.24, 2.45) is 0 Å². The molecule has 9 heteroatoms. The molecule has 0 saturated heterocycles. The lowest BCUT2D eigenvalue weighted by Gasteiger charge is -2.05. The van der Waals surface area contributed by atoms with Gasteiger partial charge >= 0.3 is 5.69 Å². The van der Waals surface area contributed by atoms with Crippen LogP contribution in [0.4, 0.5) is 15.1 Å². The Morgan fingerprint density at radius 1 is 1.36 bits per heavy atom. The minimum atomic E-state index is -3.52. The molecule has 22 heavy (non-hydrogen) atoms. The topological polar surface area (TPSA) is 89.3 Å². The number of hydrogen-bond acceptors (Lipinski definition) is 6. The fourth-order valence-corrected chi connectivity index (χ4v) is 3.67. The van der Waals surface area contributed by atoms with Gasteiger partial charge < -0.3 is 5.32 Å². The molecule has 0 aliphatic carbocycles. The Kier molecular flexibility index (Phi) is 4.47. The highest BCUT2D eigenvalue weighted by Crippen LogP contribution is 2.37. The molecule has 1 aromatic heterocycles. The second-order valence-corrected chi connectivity index (χ2v) is 8.04. The highest BCUT2D eigenvalue weighted by molar-refractivity contribution is 7.92. The molecule has 0 fully saturated rings. The quantitative estimate of drug-likeness (QED) is 0.665. The molecule has 118 valence electrons. The molecule has 2 aromatic rings. The zero-order valence-electron chi connectivity index (χ0n) is 11.8. The number of nitro groups is 1. The summed E-state index contributed by atoms with van der Waals surface area (Å²) in [6.45, 7) is 1.79. The first-order chi connectivity index (χ1) is 10.2. The van der Waals surface area contributed by atoms with Crippen LogP contribution in [0.15, 0.2) is 28.5 Å². The summed E-state index contributed by atoms with van der Waals surface area (Å²) in [5.74, 6) is -0.364. The van der Waals surface area contributed by atoms with Gasteiger partial charge in [0.1, 0.15) is 10.0 Å². The van der Waals surface area contributed by atoms with E-state index in [4.69, 9.17) is 0 Å². The highest BCUT2D eigenvalue weighted by Gasteiger charge is 2.23. The van der Waals surface area contributed by atoms with Crippen LogP contribution in [0.25, 0.3) is 0 Å². The van der Waals surface area contributed by atoms with Gasteiger partial charge in [0.2, 0.25) is 0 Å². The third-order valence-corrected chi connectivity index (χ3v) is 5.82. The Labute approximate surface area is 130 Å². The largest absolute Gasteiger partial charge is 0.367 e. The van der Waals surface area contributed by atoms with Crippen LogP contribution in [0.3, 0.4) is 0 Å². The Hall–Kier alpha value is -2.00. The van der Waals surface area contributed by atoms with E-state index in [2.05, 4.69) is 5.32 Å². The van der Waals surface area contributed by atoms with E-state index < -0.39 is 14.8 Å². The molecule has 1 heterocycles. The number of thiophene rings is 1. The first-order valence-electron chi connectivity index (χ1n) is 6.15. The smallest absolute Gasteiger partial charge is 0.304 e. The summed E-state index contributed by atoms with van der Waals surface area (Å²) in [5, 5.41) is 13.9. The van der Waals surface area contributed by atoms with Crippen molar-refractivity contribution in [2.75, 3.05) is 11.6 Å². The third kappa shape index (κ3) is 3.60. The molecular formula is C13H13FN2O4S2. The van der Waals surface area contributed by atoms with E-state index in [0.717, 1.165) is 23.7 Å². The van der Waals surface area contributed by atoms with Crippen molar-refractivity contribution in [2.45, 2.75) is 17.7 Å². The van der Waals surface area contributed by atoms with E-state index >= 15 is 0 Å². The molecule has 0 saturated carbocycles. The minimum absolute atomic E-state index is 0.0863. The van der Waals surface area contributed by atoms with Gasteiger partial charge in [-0.1, -0.05) is 23.5 Å². The van der Waals surface area contributed by atoms with Crippen LogP contribution in [0.1, 0.15) is 11.1 Å². The lowest BCUT2D eigenvalue weighted by molar-refractivity contribution is -0.383. The maximum Gasteiger partial charge on any atom is 0.304 e. The third-order valence-electron chi connectivity index (χ3n) is 2.94. The van der Waals surface area contributed by atoms with Crippen LogP contribution in [-0.4, -0.2) is 19.6 Å². The maximum atomic E-state index is 13.5. The van der Waals surface area contributed by atoms with Gasteiger partial charge in [-0.15, -0.1) is 0 Å². The van der Waals surface area contributed by atoms with Gasteiger partial charge in [-0.2, -0.15) is 0 Å². The number of aryl methyl sites for hydroxylation is 1. The molecule has 0 aliphatic heterocycles. The van der Waals surface area contributed by atoms with Gasteiger partial charge in [-0.05, 0) is 24.1 Å². The molecule has 0 bridgehead atoms. The number of halogens is 1. The summed E-state index contributed by atoms with van der Waals surface area (Å²) in [4.78, 5) is 10.3. The highest BCUT2D eigenvalue weighted by atomic mass is 32.2. The Morgan fingerprint density at radius 2 is 2.05 bits per heavy atom. The van der Waals surface area contributed by atoms with Gasteiger partial charge in [0.15, 0.2) is 14.8 Å². The normalized spacial score (nSPS) is 11.4. The average Bonchev–Trinajstić information content (AvgIpc) is 2.84. The summed E-state index contributed by atoms with van der Waals surface area (Å²) in [6.07, 6.45) is 0.988. The summed E-state index contributed by atoms with van der Waals surface area (Å²) in [6, 6.07) is 5.66. The maximum absolute atomic E-state index is 13.5. The lowest BCUT2D eigenvalue weighted by Crippen LogP contribution is -2.00. The number of anilines is 1. The van der Waals surface area contributed by atoms with Crippen LogP contribution in [0.2, 0.25) is 0 Å². The molecule has 0 aliphatic rings. The molecular weight excluding hydrogens is 331 g/mol. The minimum Gasteiger partial charge on any atom is -0.367 e. The number of benzene rings is 1. The summed E-state index contributed by atoms with van der Waals surface area (Å²) in [7, 11) is -3.52. The molecule has 2 rings (SSSR count). The van der Waals surface area contributed by atoms with Crippen LogP contribution in [0, 0.1) is 22.9 Å². The first kappa shape index (κ1) is 16.4. The summed E-state index contributed by atoms with van der Waals surface area (Å²) in [5.41, 5.74) is 0.801. The van der Waals surface area contributed by atoms with Gasteiger partial charge in [0.25, 0.3) is 0 Å². The van der Waals surface area contributed by atoms with E-state index in [1.165, 1.54) is 6.07 Å². The van der Waals surface area contributed by atoms with Gasteiger partial charge in [0.05, 0.1) is 4.92 Å². The fourth-order valence-electron chi connectivity index (χ4n) is 1.73. The standard InChI is InChI=1S/C13H13FN2O4S2/c1-8-3-4-9(5-10(8)14)7-15-13-11(16(17)18)6-12(21-13)22(2,19)20/h3-6,15H,7H2,1-2H3. The fraction of sp³-hybridized carbons (Fsp3) is 0.231. The van der Waals surface area contributed by atoms with E-state index in [-0.39, 0.29) is 27.3 Å². The molecule has 0 radical (unpaired) electrons. The number of hydrogen-bond donors (Lipinski definition) is 1. The summed E-state index contributed by atoms with van der Waals surface area (Å²) >= 11 is 0.787. The van der Waals surface area contributed by atoms with E-state index in [1.807, 2.05) is 0 Å². The second kappa shape index (κ2) is 6.01. The second-order valence-electron chi connectivity index (χ2n) is 4.75. The lowest BCUT2D eigenvalue weighted by atomic mass is 10.1. The van der Waals surface area contributed by atoms with Gasteiger partial charge in [-0.3, -0.25) is 10.1 Å². The molecule has 6 nitrogen and oxygen atoms in total. The Balaban J connectivity index is 2.27. The predicted octanol–water partition coefficient (Wildman–Crippen LogP) is 3.12. The molecule has 0 spiro atoms. The van der Waals surface area contributed by atoms with Crippen molar-refractivity contribution in [3.05, 3.63) is 51.3 Å². The van der Waals surface area contributed by atoms with Crippen molar-refractivity contribution in [3.63, 3.8) is 0 Å². The Morgan fingerprint density at radius 3 is 2.59 bits per heavy atom. The van der Waals surface area contributed by atoms with E-state index in [0.29, 0.717) is 11.1 Å². The number of sulfone groups is 1. The van der Waals surface area contributed by atoms with E-state index in [9.17, 15) is 22.9 Å². The molecule has 0 unspecified atom stereocenters. The summed E-state index contributed by atoms with van der Waals surface area (Å²) < 4.78 is 36.3. The number of nitrogens with one attached hydrogen (secondary N) is 1. The molecule has 1 N–H and O–H groups in total. The van der Waals surface area contributed by atoms with Gasteiger partial charge in [0, 0.05) is 18.9 Å². The zero-order valence-corrected chi connectivity index (χ0v) is 13.4. The van der Waals surface area contributed by atoms with Crippen molar-refractivity contribution in [1.29, 1.82) is 0 Å². The van der Waals surface area contributed by atoms with Crippen LogP contribution < -0.4 is 5.32 Å².